The van der Waals surface area contributed by atoms with Crippen LogP contribution in [0.2, 0.25) is 0 Å². The van der Waals surface area contributed by atoms with E-state index in [0.29, 0.717) is 17.8 Å². The van der Waals surface area contributed by atoms with Crippen LogP contribution in [0.3, 0.4) is 0 Å². The maximum Gasteiger partial charge on any atom is 0.344 e. The van der Waals surface area contributed by atoms with Crippen molar-refractivity contribution in [1.82, 2.24) is 0 Å². The fourth-order valence-corrected chi connectivity index (χ4v) is 3.95. The third kappa shape index (κ3) is 3.22. The Bertz CT molecular complexity index is 401. The molecule has 0 N–H and O–H groups in total. The fraction of sp³-hybridized carbons (Fsp3) is 0.750. The minimum absolute atomic E-state index is 0.317. The summed E-state index contributed by atoms with van der Waals surface area (Å²) in [7, 11) is 0. The van der Waals surface area contributed by atoms with Crippen molar-refractivity contribution in [2.24, 2.45) is 17.8 Å². The van der Waals surface area contributed by atoms with Gasteiger partial charge in [0.1, 0.15) is 5.60 Å². The summed E-state index contributed by atoms with van der Waals surface area (Å²) in [6.45, 7) is 7.29. The molecule has 0 aromatic rings. The molecule has 0 heterocycles. The Labute approximate surface area is 120 Å². The molecule has 2 fully saturated rings. The number of hydrogen-bond acceptors (Lipinski definition) is 4. The molecular weight excluding hydrogens is 256 g/mol. The van der Waals surface area contributed by atoms with Gasteiger partial charge in [-0.05, 0) is 49.9 Å². The lowest BCUT2D eigenvalue weighted by Crippen LogP contribution is -2.42. The fourth-order valence-electron chi connectivity index (χ4n) is 3.95. The number of rotatable bonds is 6. The first kappa shape index (κ1) is 15.1. The highest BCUT2D eigenvalue weighted by atomic mass is 16.6. The molecule has 2 rings (SSSR count). The molecular formula is C16H24O4. The first-order valence-electron chi connectivity index (χ1n) is 7.46. The van der Waals surface area contributed by atoms with Crippen LogP contribution in [0, 0.1) is 17.8 Å². The van der Waals surface area contributed by atoms with Gasteiger partial charge in [0.2, 0.25) is 0 Å². The van der Waals surface area contributed by atoms with Gasteiger partial charge in [0.15, 0.2) is 6.61 Å². The van der Waals surface area contributed by atoms with E-state index in [9.17, 15) is 9.59 Å². The van der Waals surface area contributed by atoms with E-state index in [-0.39, 0.29) is 12.2 Å². The van der Waals surface area contributed by atoms with Gasteiger partial charge in [-0.3, -0.25) is 0 Å². The van der Waals surface area contributed by atoms with E-state index in [2.05, 4.69) is 20.4 Å². The molecule has 2 aliphatic rings. The molecule has 2 bridgehead atoms. The third-order valence-corrected chi connectivity index (χ3v) is 4.49. The highest BCUT2D eigenvalue weighted by molar-refractivity contribution is 5.83. The molecule has 4 heteroatoms. The lowest BCUT2D eigenvalue weighted by molar-refractivity contribution is -0.176. The summed E-state index contributed by atoms with van der Waals surface area (Å²) < 4.78 is 10.5. The van der Waals surface area contributed by atoms with Crippen LogP contribution in [0.1, 0.15) is 46.0 Å². The number of hydrogen-bond donors (Lipinski definition) is 0. The molecule has 0 saturated heterocycles. The van der Waals surface area contributed by atoms with E-state index in [1.54, 1.807) is 0 Å². The highest BCUT2D eigenvalue weighted by Crippen LogP contribution is 2.55. The van der Waals surface area contributed by atoms with Gasteiger partial charge < -0.3 is 9.47 Å². The van der Waals surface area contributed by atoms with Crippen molar-refractivity contribution in [3.63, 3.8) is 0 Å². The van der Waals surface area contributed by atoms with Gasteiger partial charge in [0, 0.05) is 6.08 Å². The van der Waals surface area contributed by atoms with Crippen molar-refractivity contribution in [2.45, 2.75) is 51.6 Å². The highest BCUT2D eigenvalue weighted by Gasteiger charge is 2.53. The lowest BCUT2D eigenvalue weighted by atomic mass is 9.78. The minimum Gasteiger partial charge on any atom is -0.456 e. The van der Waals surface area contributed by atoms with Crippen LogP contribution in [0.5, 0.6) is 0 Å². The SMILES string of the molecule is C=CC(=O)OCC(=O)OC1(CC(C)C)CC2CCC1C2. The van der Waals surface area contributed by atoms with Gasteiger partial charge in [-0.25, -0.2) is 9.59 Å². The monoisotopic (exact) mass is 280 g/mol. The predicted octanol–water partition coefficient (Wildman–Crippen LogP) is 2.86. The van der Waals surface area contributed by atoms with E-state index >= 15 is 0 Å². The molecule has 112 valence electrons. The van der Waals surface area contributed by atoms with Crippen LogP contribution in [0.15, 0.2) is 12.7 Å². The van der Waals surface area contributed by atoms with Gasteiger partial charge in [-0.15, -0.1) is 0 Å². The second-order valence-corrected chi connectivity index (χ2v) is 6.53. The van der Waals surface area contributed by atoms with Crippen molar-refractivity contribution in [2.75, 3.05) is 6.61 Å². The molecule has 0 aliphatic heterocycles. The first-order valence-corrected chi connectivity index (χ1v) is 7.46. The predicted molar refractivity (Wildman–Crippen MR) is 74.9 cm³/mol. The van der Waals surface area contributed by atoms with Gasteiger partial charge in [-0.2, -0.15) is 0 Å². The molecule has 0 aromatic carbocycles. The summed E-state index contributed by atoms with van der Waals surface area (Å²) in [5, 5.41) is 0. The Morgan fingerprint density at radius 1 is 1.40 bits per heavy atom. The largest absolute Gasteiger partial charge is 0.456 e. The van der Waals surface area contributed by atoms with Gasteiger partial charge in [-0.1, -0.05) is 20.4 Å². The molecule has 2 saturated carbocycles. The van der Waals surface area contributed by atoms with Crippen molar-refractivity contribution < 1.29 is 19.1 Å². The van der Waals surface area contributed by atoms with Crippen LogP contribution >= 0.6 is 0 Å². The van der Waals surface area contributed by atoms with Crippen LogP contribution in [-0.2, 0) is 19.1 Å². The molecule has 2 aliphatic carbocycles. The van der Waals surface area contributed by atoms with E-state index < -0.39 is 11.9 Å². The van der Waals surface area contributed by atoms with Crippen LogP contribution in [0.4, 0.5) is 0 Å². The molecule has 0 spiro atoms. The Morgan fingerprint density at radius 2 is 2.15 bits per heavy atom. The van der Waals surface area contributed by atoms with E-state index in [0.717, 1.165) is 25.3 Å². The number of ether oxygens (including phenoxy) is 2. The molecule has 4 nitrogen and oxygen atoms in total. The zero-order valence-electron chi connectivity index (χ0n) is 12.4. The smallest absolute Gasteiger partial charge is 0.344 e. The Hall–Kier alpha value is -1.32. The minimum atomic E-state index is -0.590. The van der Waals surface area contributed by atoms with Gasteiger partial charge >= 0.3 is 11.9 Å². The van der Waals surface area contributed by atoms with Crippen molar-refractivity contribution >= 4 is 11.9 Å². The number of esters is 2. The third-order valence-electron chi connectivity index (χ3n) is 4.49. The van der Waals surface area contributed by atoms with Crippen molar-refractivity contribution in [3.8, 4) is 0 Å². The van der Waals surface area contributed by atoms with Gasteiger partial charge in [0.25, 0.3) is 0 Å². The molecule has 3 atom stereocenters. The second kappa shape index (κ2) is 5.98. The Balaban J connectivity index is 1.96. The Morgan fingerprint density at radius 3 is 2.65 bits per heavy atom. The molecule has 0 radical (unpaired) electrons. The summed E-state index contributed by atoms with van der Waals surface area (Å²) in [6.07, 6.45) is 6.50. The van der Waals surface area contributed by atoms with Crippen LogP contribution < -0.4 is 0 Å². The summed E-state index contributed by atoms with van der Waals surface area (Å²) in [4.78, 5) is 22.9. The quantitative estimate of drug-likeness (QED) is 0.554. The summed E-state index contributed by atoms with van der Waals surface area (Å²) in [5.41, 5.74) is -0.325. The molecule has 3 unspecified atom stereocenters. The van der Waals surface area contributed by atoms with Gasteiger partial charge in [0.05, 0.1) is 0 Å². The molecule has 0 aromatic heterocycles. The average Bonchev–Trinajstić information content (AvgIpc) is 2.95. The standard InChI is InChI=1S/C16H24O4/c1-4-14(17)19-10-15(18)20-16(8-11(2)3)9-12-5-6-13(16)7-12/h4,11-13H,1,5-10H2,2-3H3. The molecule has 20 heavy (non-hydrogen) atoms. The average molecular weight is 280 g/mol. The second-order valence-electron chi connectivity index (χ2n) is 6.53. The van der Waals surface area contributed by atoms with Crippen LogP contribution in [-0.4, -0.2) is 24.1 Å². The van der Waals surface area contributed by atoms with Crippen LogP contribution in [0.25, 0.3) is 0 Å². The Kier molecular flexibility index (Phi) is 4.51. The number of fused-ring (bicyclic) bond motifs is 2. The maximum absolute atomic E-state index is 11.9. The number of carbonyl (C=O) groups is 2. The lowest BCUT2D eigenvalue weighted by Gasteiger charge is -2.38. The maximum atomic E-state index is 11.9. The number of carbonyl (C=O) groups excluding carboxylic acids is 2. The first-order chi connectivity index (χ1) is 9.45. The van der Waals surface area contributed by atoms with Crippen molar-refractivity contribution in [1.29, 1.82) is 0 Å². The molecule has 0 amide bonds. The summed E-state index contributed by atoms with van der Waals surface area (Å²) >= 11 is 0. The van der Waals surface area contributed by atoms with E-state index in [1.165, 1.54) is 12.8 Å². The normalized spacial score (nSPS) is 31.4. The summed E-state index contributed by atoms with van der Waals surface area (Å²) in [6, 6.07) is 0. The van der Waals surface area contributed by atoms with Crippen molar-refractivity contribution in [3.05, 3.63) is 12.7 Å². The van der Waals surface area contributed by atoms with E-state index in [4.69, 9.17) is 9.47 Å². The zero-order chi connectivity index (χ0) is 14.8. The topological polar surface area (TPSA) is 52.6 Å². The van der Waals surface area contributed by atoms with E-state index in [1.807, 2.05) is 0 Å². The zero-order valence-corrected chi connectivity index (χ0v) is 12.4. The summed E-state index contributed by atoms with van der Waals surface area (Å²) in [5.74, 6) is 0.635.